The van der Waals surface area contributed by atoms with Gasteiger partial charge in [-0.25, -0.2) is 10.5 Å². The van der Waals surface area contributed by atoms with Crippen molar-refractivity contribution in [2.45, 2.75) is 0 Å². The van der Waals surface area contributed by atoms with Crippen LogP contribution in [0, 0.1) is 0 Å². The van der Waals surface area contributed by atoms with E-state index in [0.29, 0.717) is 5.56 Å². The van der Waals surface area contributed by atoms with E-state index in [2.05, 4.69) is 4.98 Å². The van der Waals surface area contributed by atoms with E-state index in [4.69, 9.17) is 5.21 Å². The Bertz CT molecular complexity index is 781. The highest BCUT2D eigenvalue weighted by Gasteiger charge is 2.10. The third-order valence-corrected chi connectivity index (χ3v) is 3.93. The summed E-state index contributed by atoms with van der Waals surface area (Å²) in [4.78, 5) is 15.8. The van der Waals surface area contributed by atoms with E-state index in [1.54, 1.807) is 47.9 Å². The average Bonchev–Trinajstić information content (AvgIpc) is 2.90. The fraction of sp³-hybridized carbons (Fsp3) is 0. The number of hydrogen-bond acceptors (Lipinski definition) is 5. The number of fused-ring (bicyclic) bond motifs is 1. The van der Waals surface area contributed by atoms with Gasteiger partial charge in [0, 0.05) is 11.1 Å². The lowest BCUT2D eigenvalue weighted by molar-refractivity contribution is 0.0706. The van der Waals surface area contributed by atoms with Crippen LogP contribution < -0.4 is 5.48 Å². The molecule has 5 nitrogen and oxygen atoms in total. The van der Waals surface area contributed by atoms with Gasteiger partial charge >= 0.3 is 0 Å². The van der Waals surface area contributed by atoms with Crippen molar-refractivity contribution < 1.29 is 15.1 Å². The number of benzene rings is 2. The van der Waals surface area contributed by atoms with Crippen LogP contribution >= 0.6 is 11.3 Å². The minimum Gasteiger partial charge on any atom is -0.508 e. The molecule has 1 heterocycles. The number of hydroxylamine groups is 1. The molecule has 3 aromatic rings. The number of carbonyl (C=O) groups is 1. The van der Waals surface area contributed by atoms with Gasteiger partial charge in [-0.3, -0.25) is 10.0 Å². The zero-order chi connectivity index (χ0) is 14.1. The van der Waals surface area contributed by atoms with E-state index in [0.717, 1.165) is 20.8 Å². The molecule has 6 heteroatoms. The first-order valence-electron chi connectivity index (χ1n) is 5.82. The molecule has 1 aromatic heterocycles. The quantitative estimate of drug-likeness (QED) is 0.499. The molecule has 0 radical (unpaired) electrons. The first-order valence-corrected chi connectivity index (χ1v) is 6.63. The molecule has 2 aromatic carbocycles. The Morgan fingerprint density at radius 2 is 1.90 bits per heavy atom. The van der Waals surface area contributed by atoms with Crippen LogP contribution in [0.2, 0.25) is 0 Å². The van der Waals surface area contributed by atoms with Crippen LogP contribution in [-0.2, 0) is 0 Å². The Kier molecular flexibility index (Phi) is 3.09. The Morgan fingerprint density at radius 3 is 2.60 bits per heavy atom. The molecule has 0 saturated heterocycles. The number of phenolic OH excluding ortho intramolecular Hbond substituents is 1. The lowest BCUT2D eigenvalue weighted by Crippen LogP contribution is -2.18. The highest BCUT2D eigenvalue weighted by molar-refractivity contribution is 7.21. The minimum absolute atomic E-state index is 0.205. The van der Waals surface area contributed by atoms with E-state index >= 15 is 0 Å². The zero-order valence-corrected chi connectivity index (χ0v) is 11.0. The first kappa shape index (κ1) is 12.6. The molecule has 0 bridgehead atoms. The van der Waals surface area contributed by atoms with Crippen molar-refractivity contribution in [3.8, 4) is 16.3 Å². The van der Waals surface area contributed by atoms with Gasteiger partial charge in [-0.1, -0.05) is 0 Å². The summed E-state index contributed by atoms with van der Waals surface area (Å²) in [5, 5.41) is 18.7. The van der Waals surface area contributed by atoms with Gasteiger partial charge in [-0.2, -0.15) is 0 Å². The van der Waals surface area contributed by atoms with E-state index < -0.39 is 5.91 Å². The van der Waals surface area contributed by atoms with Crippen molar-refractivity contribution in [2.75, 3.05) is 0 Å². The zero-order valence-electron chi connectivity index (χ0n) is 10.2. The van der Waals surface area contributed by atoms with Gasteiger partial charge in [-0.05, 0) is 42.5 Å². The number of aromatic nitrogens is 1. The number of thiazole rings is 1. The van der Waals surface area contributed by atoms with Crippen molar-refractivity contribution in [3.63, 3.8) is 0 Å². The summed E-state index contributed by atoms with van der Waals surface area (Å²) in [6, 6.07) is 11.8. The average molecular weight is 286 g/mol. The number of nitrogens with zero attached hydrogens (tertiary/aromatic N) is 1. The van der Waals surface area contributed by atoms with Gasteiger partial charge in [0.15, 0.2) is 0 Å². The largest absolute Gasteiger partial charge is 0.508 e. The third kappa shape index (κ3) is 2.22. The topological polar surface area (TPSA) is 82.5 Å². The molecule has 0 aliphatic carbocycles. The summed E-state index contributed by atoms with van der Waals surface area (Å²) in [5.41, 5.74) is 3.67. The van der Waals surface area contributed by atoms with Gasteiger partial charge in [0.05, 0.1) is 10.2 Å². The van der Waals surface area contributed by atoms with Gasteiger partial charge < -0.3 is 5.11 Å². The maximum atomic E-state index is 11.4. The Labute approximate surface area is 118 Å². The van der Waals surface area contributed by atoms with Crippen molar-refractivity contribution in [1.82, 2.24) is 10.5 Å². The molecule has 1 amide bonds. The third-order valence-electron chi connectivity index (χ3n) is 2.87. The molecule has 0 fully saturated rings. The number of rotatable bonds is 2. The van der Waals surface area contributed by atoms with Crippen LogP contribution in [0.3, 0.4) is 0 Å². The fourth-order valence-electron chi connectivity index (χ4n) is 1.86. The highest BCUT2D eigenvalue weighted by Crippen LogP contribution is 2.31. The molecule has 0 unspecified atom stereocenters. The number of nitrogens with one attached hydrogen (secondary N) is 1. The summed E-state index contributed by atoms with van der Waals surface area (Å²) in [5.74, 6) is -0.344. The molecule has 3 rings (SSSR count). The lowest BCUT2D eigenvalue weighted by Gasteiger charge is -1.96. The van der Waals surface area contributed by atoms with Gasteiger partial charge in [0.1, 0.15) is 10.8 Å². The van der Waals surface area contributed by atoms with Gasteiger partial charge in [0.25, 0.3) is 5.91 Å². The Hall–Kier alpha value is -2.44. The summed E-state index contributed by atoms with van der Waals surface area (Å²) >= 11 is 1.44. The number of hydrogen-bond donors (Lipinski definition) is 3. The second-order valence-corrected chi connectivity index (χ2v) is 5.22. The van der Waals surface area contributed by atoms with Crippen molar-refractivity contribution >= 4 is 27.5 Å². The van der Waals surface area contributed by atoms with E-state index in [1.807, 2.05) is 0 Å². The number of phenols is 1. The van der Waals surface area contributed by atoms with Gasteiger partial charge in [-0.15, -0.1) is 11.3 Å². The molecule has 0 aliphatic heterocycles. The molecule has 0 spiro atoms. The van der Waals surface area contributed by atoms with Gasteiger partial charge in [0.2, 0.25) is 0 Å². The molecule has 0 saturated carbocycles. The van der Waals surface area contributed by atoms with Crippen molar-refractivity contribution in [3.05, 3.63) is 48.0 Å². The minimum atomic E-state index is -0.550. The van der Waals surface area contributed by atoms with Crippen LogP contribution in [0.15, 0.2) is 42.5 Å². The first-order chi connectivity index (χ1) is 9.67. The van der Waals surface area contributed by atoms with Crippen molar-refractivity contribution in [2.24, 2.45) is 0 Å². The van der Waals surface area contributed by atoms with Crippen molar-refractivity contribution in [1.29, 1.82) is 0 Å². The van der Waals surface area contributed by atoms with Crippen LogP contribution in [-0.4, -0.2) is 21.2 Å². The Balaban J connectivity index is 2.06. The lowest BCUT2D eigenvalue weighted by atomic mass is 10.2. The van der Waals surface area contributed by atoms with Crippen LogP contribution in [0.5, 0.6) is 5.75 Å². The predicted molar refractivity (Wildman–Crippen MR) is 76.0 cm³/mol. The fourth-order valence-corrected chi connectivity index (χ4v) is 2.87. The number of carbonyl (C=O) groups excluding carboxylic acids is 1. The molecular formula is C14H10N2O3S. The van der Waals surface area contributed by atoms with Crippen LogP contribution in [0.1, 0.15) is 10.4 Å². The molecule has 20 heavy (non-hydrogen) atoms. The molecule has 0 aliphatic rings. The summed E-state index contributed by atoms with van der Waals surface area (Å²) in [6.07, 6.45) is 0. The smallest absolute Gasteiger partial charge is 0.274 e. The SMILES string of the molecule is O=C(NO)c1ccc2nc(-c3ccc(O)cc3)sc2c1. The van der Waals surface area contributed by atoms with Crippen LogP contribution in [0.4, 0.5) is 0 Å². The second-order valence-electron chi connectivity index (χ2n) is 4.19. The van der Waals surface area contributed by atoms with E-state index in [-0.39, 0.29) is 5.75 Å². The monoisotopic (exact) mass is 286 g/mol. The Morgan fingerprint density at radius 1 is 1.15 bits per heavy atom. The molecule has 3 N–H and O–H groups in total. The number of amides is 1. The molecule has 100 valence electrons. The summed E-state index contributed by atoms with van der Waals surface area (Å²) < 4.78 is 0.856. The number of aromatic hydroxyl groups is 1. The van der Waals surface area contributed by atoms with E-state index in [1.165, 1.54) is 11.3 Å². The molecule has 0 atom stereocenters. The maximum Gasteiger partial charge on any atom is 0.274 e. The molecular weight excluding hydrogens is 276 g/mol. The normalized spacial score (nSPS) is 10.7. The standard InChI is InChI=1S/C14H10N2O3S/c17-10-4-1-8(2-5-10)14-15-11-6-3-9(13(18)16-19)7-12(11)20-14/h1-7,17,19H,(H,16,18). The summed E-state index contributed by atoms with van der Waals surface area (Å²) in [7, 11) is 0. The van der Waals surface area contributed by atoms with E-state index in [9.17, 15) is 9.90 Å². The predicted octanol–water partition coefficient (Wildman–Crippen LogP) is 2.79. The summed E-state index contributed by atoms with van der Waals surface area (Å²) in [6.45, 7) is 0. The second kappa shape index (κ2) is 4.92. The maximum absolute atomic E-state index is 11.4. The highest BCUT2D eigenvalue weighted by atomic mass is 32.1. The van der Waals surface area contributed by atoms with Crippen LogP contribution in [0.25, 0.3) is 20.8 Å².